The number of aryl methyl sites for hydroxylation is 1. The second-order valence-corrected chi connectivity index (χ2v) is 4.85. The van der Waals surface area contributed by atoms with Gasteiger partial charge in [-0.05, 0) is 18.9 Å². The van der Waals surface area contributed by atoms with Crippen molar-refractivity contribution in [2.24, 2.45) is 7.05 Å². The smallest absolute Gasteiger partial charge is 0.305 e. The first kappa shape index (κ1) is 14.5. The number of likely N-dealkylation sites (tertiary alicyclic amines) is 1. The summed E-state index contributed by atoms with van der Waals surface area (Å²) in [6.45, 7) is 1.49. The molecule has 1 aliphatic heterocycles. The van der Waals surface area contributed by atoms with Crippen molar-refractivity contribution < 1.29 is 19.4 Å². The number of aromatic nitrogens is 2. The maximum Gasteiger partial charge on any atom is 0.305 e. The minimum atomic E-state index is -0.853. The Bertz CT molecular complexity index is 478. The van der Waals surface area contributed by atoms with Crippen molar-refractivity contribution in [1.82, 2.24) is 14.7 Å². The highest BCUT2D eigenvalue weighted by atomic mass is 16.5. The molecular weight excluding hydrogens is 262 g/mol. The van der Waals surface area contributed by atoms with E-state index >= 15 is 0 Å². The average Bonchev–Trinajstić information content (AvgIpc) is 2.84. The van der Waals surface area contributed by atoms with E-state index in [1.54, 1.807) is 28.9 Å². The minimum Gasteiger partial charge on any atom is -0.481 e. The summed E-state index contributed by atoms with van der Waals surface area (Å²) in [5.41, 5.74) is 0.579. The molecule has 1 aliphatic rings. The third-order valence-electron chi connectivity index (χ3n) is 3.44. The summed E-state index contributed by atoms with van der Waals surface area (Å²) in [6, 6.07) is 1.71. The fourth-order valence-corrected chi connectivity index (χ4v) is 2.28. The molecule has 0 bridgehead atoms. The monoisotopic (exact) mass is 281 g/mol. The van der Waals surface area contributed by atoms with Crippen LogP contribution in [0.1, 0.15) is 29.8 Å². The molecule has 1 fully saturated rings. The second-order valence-electron chi connectivity index (χ2n) is 4.85. The zero-order valence-electron chi connectivity index (χ0n) is 11.5. The average molecular weight is 281 g/mol. The van der Waals surface area contributed by atoms with Crippen LogP contribution in [-0.4, -0.2) is 57.5 Å². The van der Waals surface area contributed by atoms with Crippen LogP contribution in [-0.2, 0) is 16.6 Å². The Morgan fingerprint density at radius 1 is 1.45 bits per heavy atom. The Labute approximate surface area is 117 Å². The van der Waals surface area contributed by atoms with Crippen LogP contribution in [0.3, 0.4) is 0 Å². The summed E-state index contributed by atoms with van der Waals surface area (Å²) in [4.78, 5) is 24.4. The van der Waals surface area contributed by atoms with E-state index in [1.807, 2.05) is 0 Å². The molecule has 7 nitrogen and oxygen atoms in total. The Balaban J connectivity index is 1.78. The number of carbonyl (C=O) groups is 2. The molecule has 1 aromatic rings. The van der Waals surface area contributed by atoms with Gasteiger partial charge < -0.3 is 14.7 Å². The zero-order valence-corrected chi connectivity index (χ0v) is 11.5. The van der Waals surface area contributed by atoms with Crippen LogP contribution in [0.15, 0.2) is 12.3 Å². The maximum atomic E-state index is 12.2. The van der Waals surface area contributed by atoms with Crippen LogP contribution in [0.5, 0.6) is 0 Å². The maximum absolute atomic E-state index is 12.2. The number of carbonyl (C=O) groups excluding carboxylic acids is 1. The van der Waals surface area contributed by atoms with Crippen LogP contribution in [0.4, 0.5) is 0 Å². The zero-order chi connectivity index (χ0) is 14.5. The van der Waals surface area contributed by atoms with E-state index in [2.05, 4.69) is 5.10 Å². The van der Waals surface area contributed by atoms with Crippen LogP contribution in [0.25, 0.3) is 0 Å². The van der Waals surface area contributed by atoms with Crippen LogP contribution < -0.4 is 0 Å². The highest BCUT2D eigenvalue weighted by Crippen LogP contribution is 2.16. The van der Waals surface area contributed by atoms with E-state index in [1.165, 1.54) is 0 Å². The van der Waals surface area contributed by atoms with Crippen molar-refractivity contribution in [3.05, 3.63) is 18.0 Å². The number of carboxylic acids is 1. The molecule has 2 heterocycles. The van der Waals surface area contributed by atoms with Crippen LogP contribution in [0.2, 0.25) is 0 Å². The Morgan fingerprint density at radius 2 is 2.15 bits per heavy atom. The molecule has 0 unspecified atom stereocenters. The van der Waals surface area contributed by atoms with Crippen molar-refractivity contribution in [2.75, 3.05) is 19.7 Å². The van der Waals surface area contributed by atoms with Crippen molar-refractivity contribution in [3.8, 4) is 0 Å². The predicted octanol–water partition coefficient (Wildman–Crippen LogP) is 0.516. The van der Waals surface area contributed by atoms with E-state index in [-0.39, 0.29) is 25.0 Å². The van der Waals surface area contributed by atoms with Gasteiger partial charge in [-0.3, -0.25) is 14.3 Å². The van der Waals surface area contributed by atoms with Gasteiger partial charge in [0.2, 0.25) is 0 Å². The quantitative estimate of drug-likeness (QED) is 0.850. The number of piperidine rings is 1. The largest absolute Gasteiger partial charge is 0.481 e. The van der Waals surface area contributed by atoms with Crippen LogP contribution in [0, 0.1) is 0 Å². The van der Waals surface area contributed by atoms with E-state index in [9.17, 15) is 9.59 Å². The van der Waals surface area contributed by atoms with Gasteiger partial charge in [0.05, 0.1) is 19.1 Å². The Morgan fingerprint density at radius 3 is 2.70 bits per heavy atom. The van der Waals surface area contributed by atoms with Gasteiger partial charge in [-0.2, -0.15) is 5.10 Å². The number of ether oxygens (including phenoxy) is 1. The number of hydrogen-bond acceptors (Lipinski definition) is 4. The number of aliphatic carboxylic acids is 1. The summed E-state index contributed by atoms with van der Waals surface area (Å²) in [5, 5.41) is 12.5. The first-order valence-electron chi connectivity index (χ1n) is 6.68. The fraction of sp³-hybridized carbons (Fsp3) is 0.615. The summed E-state index contributed by atoms with van der Waals surface area (Å²) in [7, 11) is 1.75. The van der Waals surface area contributed by atoms with Crippen molar-refractivity contribution in [3.63, 3.8) is 0 Å². The van der Waals surface area contributed by atoms with Gasteiger partial charge in [-0.1, -0.05) is 0 Å². The van der Waals surface area contributed by atoms with Gasteiger partial charge in [0, 0.05) is 26.3 Å². The van der Waals surface area contributed by atoms with Gasteiger partial charge in [-0.25, -0.2) is 0 Å². The Hall–Kier alpha value is -1.89. The van der Waals surface area contributed by atoms with Gasteiger partial charge in [0.1, 0.15) is 5.69 Å². The molecule has 1 aromatic heterocycles. The molecule has 0 spiro atoms. The van der Waals surface area contributed by atoms with Gasteiger partial charge in [0.25, 0.3) is 5.91 Å². The summed E-state index contributed by atoms with van der Waals surface area (Å²) >= 11 is 0. The molecular formula is C13H19N3O4. The van der Waals surface area contributed by atoms with Crippen molar-refractivity contribution in [2.45, 2.75) is 25.4 Å². The van der Waals surface area contributed by atoms with E-state index in [4.69, 9.17) is 9.84 Å². The molecule has 1 saturated heterocycles. The predicted molar refractivity (Wildman–Crippen MR) is 70.3 cm³/mol. The number of hydrogen-bond donors (Lipinski definition) is 1. The molecule has 0 saturated carbocycles. The molecule has 0 radical (unpaired) electrons. The lowest BCUT2D eigenvalue weighted by Crippen LogP contribution is -2.41. The van der Waals surface area contributed by atoms with E-state index < -0.39 is 5.97 Å². The van der Waals surface area contributed by atoms with Crippen molar-refractivity contribution >= 4 is 11.9 Å². The number of nitrogens with zero attached hydrogens (tertiary/aromatic N) is 3. The molecule has 110 valence electrons. The van der Waals surface area contributed by atoms with Gasteiger partial charge in [0.15, 0.2) is 0 Å². The molecule has 7 heteroatoms. The highest BCUT2D eigenvalue weighted by molar-refractivity contribution is 5.92. The molecule has 0 atom stereocenters. The summed E-state index contributed by atoms with van der Waals surface area (Å²) < 4.78 is 7.07. The lowest BCUT2D eigenvalue weighted by Gasteiger charge is -2.31. The van der Waals surface area contributed by atoms with E-state index in [0.29, 0.717) is 18.8 Å². The highest BCUT2D eigenvalue weighted by Gasteiger charge is 2.25. The third-order valence-corrected chi connectivity index (χ3v) is 3.44. The molecule has 20 heavy (non-hydrogen) atoms. The van der Waals surface area contributed by atoms with Gasteiger partial charge in [-0.15, -0.1) is 0 Å². The summed E-state index contributed by atoms with van der Waals surface area (Å²) in [5.74, 6) is -0.872. The topological polar surface area (TPSA) is 84.7 Å². The lowest BCUT2D eigenvalue weighted by atomic mass is 10.1. The summed E-state index contributed by atoms with van der Waals surface area (Å²) in [6.07, 6.45) is 3.15. The first-order chi connectivity index (χ1) is 9.58. The number of amides is 1. The molecule has 0 aliphatic carbocycles. The SMILES string of the molecule is Cn1nccc1C(=O)N1CCC(OCCC(=O)O)CC1. The first-order valence-corrected chi connectivity index (χ1v) is 6.68. The molecule has 1 amide bonds. The normalized spacial score (nSPS) is 16.4. The molecule has 0 aromatic carbocycles. The minimum absolute atomic E-state index is 0.0195. The molecule has 1 N–H and O–H groups in total. The number of rotatable bonds is 5. The van der Waals surface area contributed by atoms with Crippen LogP contribution >= 0.6 is 0 Å². The van der Waals surface area contributed by atoms with Crippen molar-refractivity contribution in [1.29, 1.82) is 0 Å². The number of carboxylic acid groups (broad SMARTS) is 1. The van der Waals surface area contributed by atoms with Gasteiger partial charge >= 0.3 is 5.97 Å². The second kappa shape index (κ2) is 6.51. The standard InChI is InChI=1S/C13H19N3O4/c1-15-11(2-6-14-15)13(19)16-7-3-10(4-8-16)20-9-5-12(17)18/h2,6,10H,3-5,7-9H2,1H3,(H,17,18). The lowest BCUT2D eigenvalue weighted by molar-refractivity contribution is -0.138. The third kappa shape index (κ3) is 3.57. The molecule has 2 rings (SSSR count). The Kier molecular flexibility index (Phi) is 4.73. The van der Waals surface area contributed by atoms with E-state index in [0.717, 1.165) is 12.8 Å². The fourth-order valence-electron chi connectivity index (χ4n) is 2.28.